The van der Waals surface area contributed by atoms with E-state index in [2.05, 4.69) is 15.2 Å². The zero-order chi connectivity index (χ0) is 19.4. The van der Waals surface area contributed by atoms with Crippen LogP contribution in [0.15, 0.2) is 18.2 Å². The summed E-state index contributed by atoms with van der Waals surface area (Å²) in [6, 6.07) is 5.98. The summed E-state index contributed by atoms with van der Waals surface area (Å²) >= 11 is 0. The van der Waals surface area contributed by atoms with Crippen LogP contribution in [0.4, 0.5) is 5.69 Å². The van der Waals surface area contributed by atoms with E-state index in [0.717, 1.165) is 42.3 Å². The number of benzene rings is 1. The summed E-state index contributed by atoms with van der Waals surface area (Å²) in [6.07, 6.45) is 3.84. The van der Waals surface area contributed by atoms with E-state index < -0.39 is 5.97 Å². The minimum absolute atomic E-state index is 0.122. The molecule has 1 aliphatic rings. The number of aromatic amines is 1. The molecule has 0 unspecified atom stereocenters. The predicted molar refractivity (Wildman–Crippen MR) is 104 cm³/mol. The molecule has 1 atom stereocenters. The van der Waals surface area contributed by atoms with Crippen molar-refractivity contribution in [2.24, 2.45) is 0 Å². The lowest BCUT2D eigenvalue weighted by molar-refractivity contribution is -0.118. The third kappa shape index (κ3) is 4.31. The predicted octanol–water partition coefficient (Wildman–Crippen LogP) is 2.44. The summed E-state index contributed by atoms with van der Waals surface area (Å²) < 4.78 is 4.86. The quantitative estimate of drug-likeness (QED) is 0.676. The highest BCUT2D eigenvalue weighted by Gasteiger charge is 2.25. The number of aliphatic hydroxyl groups is 1. The van der Waals surface area contributed by atoms with Gasteiger partial charge in [-0.15, -0.1) is 0 Å². The Bertz CT molecular complexity index is 828. The van der Waals surface area contributed by atoms with E-state index in [-0.39, 0.29) is 30.8 Å². The SMILES string of the molecule is COC(=O)c1[nH]c2ccc(C)cc2c1NC(=O)CN1CCCC[C@@H]1CCO. The Morgan fingerprint density at radius 3 is 2.93 bits per heavy atom. The molecule has 3 N–H and O–H groups in total. The highest BCUT2D eigenvalue weighted by Crippen LogP contribution is 2.29. The van der Waals surface area contributed by atoms with Gasteiger partial charge in [0, 0.05) is 23.6 Å². The smallest absolute Gasteiger partial charge is 0.356 e. The van der Waals surface area contributed by atoms with Crippen molar-refractivity contribution in [2.45, 2.75) is 38.6 Å². The number of carbonyl (C=O) groups excluding carboxylic acids is 2. The molecule has 1 saturated heterocycles. The van der Waals surface area contributed by atoms with Crippen molar-refractivity contribution in [2.75, 3.05) is 32.1 Å². The molecule has 2 heterocycles. The first-order valence-electron chi connectivity index (χ1n) is 9.39. The maximum absolute atomic E-state index is 12.7. The van der Waals surface area contributed by atoms with Crippen LogP contribution < -0.4 is 5.32 Å². The van der Waals surface area contributed by atoms with Gasteiger partial charge in [-0.3, -0.25) is 9.69 Å². The minimum atomic E-state index is -0.518. The maximum atomic E-state index is 12.7. The largest absolute Gasteiger partial charge is 0.464 e. The Labute approximate surface area is 158 Å². The summed E-state index contributed by atoms with van der Waals surface area (Å²) in [5.74, 6) is -0.692. The van der Waals surface area contributed by atoms with Gasteiger partial charge in [0.2, 0.25) is 5.91 Å². The number of nitrogens with one attached hydrogen (secondary N) is 2. The number of fused-ring (bicyclic) bond motifs is 1. The number of amides is 1. The molecule has 0 radical (unpaired) electrons. The Morgan fingerprint density at radius 2 is 2.19 bits per heavy atom. The third-order valence-electron chi connectivity index (χ3n) is 5.17. The number of anilines is 1. The fourth-order valence-electron chi connectivity index (χ4n) is 3.80. The van der Waals surface area contributed by atoms with Crippen molar-refractivity contribution in [3.8, 4) is 0 Å². The molecule has 1 aliphatic heterocycles. The number of hydrogen-bond acceptors (Lipinski definition) is 5. The van der Waals surface area contributed by atoms with Crippen molar-refractivity contribution >= 4 is 28.5 Å². The van der Waals surface area contributed by atoms with Gasteiger partial charge in [0.05, 0.1) is 19.3 Å². The number of ether oxygens (including phenoxy) is 1. The van der Waals surface area contributed by atoms with Gasteiger partial charge in [-0.2, -0.15) is 0 Å². The van der Waals surface area contributed by atoms with E-state index in [1.807, 2.05) is 25.1 Å². The van der Waals surface area contributed by atoms with Crippen LogP contribution in [0.2, 0.25) is 0 Å². The highest BCUT2D eigenvalue weighted by molar-refractivity contribution is 6.11. The van der Waals surface area contributed by atoms with E-state index in [9.17, 15) is 14.7 Å². The lowest BCUT2D eigenvalue weighted by Crippen LogP contribution is -2.44. The molecule has 1 aromatic heterocycles. The molecule has 1 fully saturated rings. The number of methoxy groups -OCH3 is 1. The number of H-pyrrole nitrogens is 1. The number of carbonyl (C=O) groups is 2. The zero-order valence-corrected chi connectivity index (χ0v) is 15.9. The maximum Gasteiger partial charge on any atom is 0.356 e. The van der Waals surface area contributed by atoms with E-state index >= 15 is 0 Å². The summed E-state index contributed by atoms with van der Waals surface area (Å²) in [5, 5.41) is 13.0. The lowest BCUT2D eigenvalue weighted by Gasteiger charge is -2.34. The molecule has 0 bridgehead atoms. The topological polar surface area (TPSA) is 94.7 Å². The molecule has 3 rings (SSSR count). The van der Waals surface area contributed by atoms with Crippen LogP contribution in [-0.4, -0.2) is 59.7 Å². The fourth-order valence-corrected chi connectivity index (χ4v) is 3.80. The number of likely N-dealkylation sites (tertiary alicyclic amines) is 1. The molecule has 0 spiro atoms. The highest BCUT2D eigenvalue weighted by atomic mass is 16.5. The summed E-state index contributed by atoms with van der Waals surface area (Å²) in [4.78, 5) is 30.1. The average Bonchev–Trinajstić information content (AvgIpc) is 3.00. The third-order valence-corrected chi connectivity index (χ3v) is 5.17. The fraction of sp³-hybridized carbons (Fsp3) is 0.500. The number of nitrogens with zero attached hydrogens (tertiary/aromatic N) is 1. The van der Waals surface area contributed by atoms with Gasteiger partial charge in [0.15, 0.2) is 0 Å². The monoisotopic (exact) mass is 373 g/mol. The van der Waals surface area contributed by atoms with Crippen molar-refractivity contribution in [3.63, 3.8) is 0 Å². The van der Waals surface area contributed by atoms with Crippen molar-refractivity contribution in [1.82, 2.24) is 9.88 Å². The first-order valence-corrected chi connectivity index (χ1v) is 9.39. The summed E-state index contributed by atoms with van der Waals surface area (Å²) in [6.45, 7) is 3.17. The van der Waals surface area contributed by atoms with Crippen LogP contribution in [0.25, 0.3) is 10.9 Å². The van der Waals surface area contributed by atoms with Gasteiger partial charge >= 0.3 is 5.97 Å². The van der Waals surface area contributed by atoms with Crippen LogP contribution in [0.1, 0.15) is 41.7 Å². The van der Waals surface area contributed by atoms with E-state index in [1.165, 1.54) is 7.11 Å². The number of esters is 1. The molecule has 0 saturated carbocycles. The normalized spacial score (nSPS) is 17.8. The number of aryl methyl sites for hydroxylation is 1. The number of aromatic nitrogens is 1. The number of aliphatic hydroxyl groups excluding tert-OH is 1. The molecular formula is C20H27N3O4. The Kier molecular flexibility index (Phi) is 6.13. The standard InChI is InChI=1S/C20H27N3O4/c1-13-6-7-16-15(11-13)18(19(21-16)20(26)27-2)22-17(25)12-23-9-4-3-5-14(23)8-10-24/h6-7,11,14,21,24H,3-5,8-10,12H2,1-2H3,(H,22,25)/t14-/m1/s1. The molecular weight excluding hydrogens is 346 g/mol. The second-order valence-electron chi connectivity index (χ2n) is 7.10. The molecule has 1 amide bonds. The molecule has 0 aliphatic carbocycles. The van der Waals surface area contributed by atoms with Crippen molar-refractivity contribution in [1.29, 1.82) is 0 Å². The molecule has 2 aromatic rings. The molecule has 7 heteroatoms. The number of hydrogen-bond donors (Lipinski definition) is 3. The van der Waals surface area contributed by atoms with Gasteiger partial charge in [0.25, 0.3) is 0 Å². The average molecular weight is 373 g/mol. The van der Waals surface area contributed by atoms with Crippen LogP contribution in [0, 0.1) is 6.92 Å². The van der Waals surface area contributed by atoms with Crippen LogP contribution in [0.3, 0.4) is 0 Å². The van der Waals surface area contributed by atoms with Gasteiger partial charge in [-0.05, 0) is 44.9 Å². The van der Waals surface area contributed by atoms with E-state index in [1.54, 1.807) is 0 Å². The molecule has 27 heavy (non-hydrogen) atoms. The minimum Gasteiger partial charge on any atom is -0.464 e. The first kappa shape index (κ1) is 19.4. The second-order valence-corrected chi connectivity index (χ2v) is 7.10. The van der Waals surface area contributed by atoms with Gasteiger partial charge in [0.1, 0.15) is 5.69 Å². The van der Waals surface area contributed by atoms with E-state index in [0.29, 0.717) is 12.1 Å². The van der Waals surface area contributed by atoms with Gasteiger partial charge in [-0.25, -0.2) is 4.79 Å². The zero-order valence-electron chi connectivity index (χ0n) is 15.9. The van der Waals surface area contributed by atoms with Crippen LogP contribution >= 0.6 is 0 Å². The Balaban J connectivity index is 1.83. The van der Waals surface area contributed by atoms with Gasteiger partial charge < -0.3 is 20.1 Å². The first-order chi connectivity index (χ1) is 13.0. The second kappa shape index (κ2) is 8.54. The lowest BCUT2D eigenvalue weighted by atomic mass is 9.99. The Hall–Kier alpha value is -2.38. The molecule has 146 valence electrons. The van der Waals surface area contributed by atoms with Crippen molar-refractivity contribution in [3.05, 3.63) is 29.5 Å². The number of piperidine rings is 1. The summed E-state index contributed by atoms with van der Waals surface area (Å²) in [5.41, 5.74) is 2.51. The van der Waals surface area contributed by atoms with Crippen LogP contribution in [-0.2, 0) is 9.53 Å². The Morgan fingerprint density at radius 1 is 1.37 bits per heavy atom. The van der Waals surface area contributed by atoms with E-state index in [4.69, 9.17) is 4.74 Å². The molecule has 1 aromatic carbocycles. The summed E-state index contributed by atoms with van der Waals surface area (Å²) in [7, 11) is 1.32. The van der Waals surface area contributed by atoms with Crippen molar-refractivity contribution < 1.29 is 19.4 Å². The molecule has 7 nitrogen and oxygen atoms in total. The number of rotatable bonds is 6. The van der Waals surface area contributed by atoms with Gasteiger partial charge in [-0.1, -0.05) is 18.1 Å². The van der Waals surface area contributed by atoms with Crippen LogP contribution in [0.5, 0.6) is 0 Å².